The van der Waals surface area contributed by atoms with Crippen molar-refractivity contribution in [1.29, 1.82) is 0 Å². The third-order valence-electron chi connectivity index (χ3n) is 2.30. The van der Waals surface area contributed by atoms with Gasteiger partial charge in [0.25, 0.3) is 0 Å². The first-order valence-corrected chi connectivity index (χ1v) is 4.77. The Balaban J connectivity index is 2.54. The number of aliphatic imine (C=N–C) groups is 1. The van der Waals surface area contributed by atoms with E-state index in [0.717, 1.165) is 16.7 Å². The molecule has 3 heteroatoms. The summed E-state index contributed by atoms with van der Waals surface area (Å²) in [6.07, 6.45) is 3.68. The van der Waals surface area contributed by atoms with Crippen LogP contribution < -0.4 is 5.73 Å². The Morgan fingerprint density at radius 1 is 1.27 bits per heavy atom. The fourth-order valence-electron chi connectivity index (χ4n) is 1.58. The lowest BCUT2D eigenvalue weighted by Gasteiger charge is -1.99. The van der Waals surface area contributed by atoms with Gasteiger partial charge in [0, 0.05) is 30.6 Å². The van der Waals surface area contributed by atoms with Gasteiger partial charge in [-0.1, -0.05) is 30.3 Å². The molecule has 0 unspecified atom stereocenters. The van der Waals surface area contributed by atoms with Crippen molar-refractivity contribution in [2.24, 2.45) is 4.99 Å². The summed E-state index contributed by atoms with van der Waals surface area (Å²) in [5.74, 6) is 0.652. The molecule has 0 spiro atoms. The van der Waals surface area contributed by atoms with Crippen molar-refractivity contribution in [2.75, 3.05) is 12.8 Å². The summed E-state index contributed by atoms with van der Waals surface area (Å²) in [4.78, 5) is 7.01. The summed E-state index contributed by atoms with van der Waals surface area (Å²) in [5, 5.41) is 0. The first-order valence-electron chi connectivity index (χ1n) is 4.77. The molecule has 0 aliphatic carbocycles. The Labute approximate surface area is 88.7 Å². The predicted molar refractivity (Wildman–Crippen MR) is 64.2 cm³/mol. The second-order valence-corrected chi connectivity index (χ2v) is 3.28. The summed E-state index contributed by atoms with van der Waals surface area (Å²) < 4.78 is 0. The largest absolute Gasteiger partial charge is 0.385 e. The molecule has 0 atom stereocenters. The molecule has 76 valence electrons. The average molecular weight is 199 g/mol. The zero-order valence-corrected chi connectivity index (χ0v) is 8.57. The number of H-pyrrole nitrogens is 1. The van der Waals surface area contributed by atoms with Gasteiger partial charge in [-0.05, 0) is 5.56 Å². The molecule has 2 rings (SSSR count). The van der Waals surface area contributed by atoms with Crippen LogP contribution in [0.1, 0.15) is 5.56 Å². The van der Waals surface area contributed by atoms with Gasteiger partial charge in [0.1, 0.15) is 5.82 Å². The number of hydrogen-bond donors (Lipinski definition) is 2. The van der Waals surface area contributed by atoms with Crippen molar-refractivity contribution in [2.45, 2.75) is 0 Å². The van der Waals surface area contributed by atoms with E-state index in [1.165, 1.54) is 0 Å². The van der Waals surface area contributed by atoms with Gasteiger partial charge in [-0.25, -0.2) is 0 Å². The van der Waals surface area contributed by atoms with Crippen LogP contribution in [0.4, 0.5) is 5.82 Å². The van der Waals surface area contributed by atoms with Crippen molar-refractivity contribution in [3.8, 4) is 11.1 Å². The SMILES string of the molecule is C/N=C\c1c(-c2ccccc2)c[nH]c1N. The fraction of sp³-hybridized carbons (Fsp3) is 0.0833. The van der Waals surface area contributed by atoms with Gasteiger partial charge in [0.15, 0.2) is 0 Å². The zero-order chi connectivity index (χ0) is 10.7. The molecule has 2 aromatic rings. The summed E-state index contributed by atoms with van der Waals surface area (Å²) in [6, 6.07) is 10.1. The molecule has 3 N–H and O–H groups in total. The summed E-state index contributed by atoms with van der Waals surface area (Å²) in [5.41, 5.74) is 8.99. The zero-order valence-electron chi connectivity index (χ0n) is 8.57. The minimum atomic E-state index is 0.652. The molecule has 0 saturated heterocycles. The number of aromatic amines is 1. The number of nitrogen functional groups attached to an aromatic ring is 1. The van der Waals surface area contributed by atoms with E-state index in [4.69, 9.17) is 5.73 Å². The van der Waals surface area contributed by atoms with Gasteiger partial charge in [-0.3, -0.25) is 4.99 Å². The standard InChI is InChI=1S/C12H13N3/c1-14-7-11-10(8-15-12(11)13)9-5-3-2-4-6-9/h2-8,15H,13H2,1H3/b14-7-. The highest BCUT2D eigenvalue weighted by atomic mass is 14.8. The van der Waals surface area contributed by atoms with Crippen molar-refractivity contribution < 1.29 is 0 Å². The van der Waals surface area contributed by atoms with E-state index in [0.29, 0.717) is 5.82 Å². The number of aromatic nitrogens is 1. The van der Waals surface area contributed by atoms with Crippen molar-refractivity contribution in [3.63, 3.8) is 0 Å². The van der Waals surface area contributed by atoms with Gasteiger partial charge in [-0.2, -0.15) is 0 Å². The van der Waals surface area contributed by atoms with Crippen LogP contribution in [0.5, 0.6) is 0 Å². The maximum Gasteiger partial charge on any atom is 0.110 e. The molecule has 15 heavy (non-hydrogen) atoms. The maximum absolute atomic E-state index is 5.82. The van der Waals surface area contributed by atoms with E-state index in [1.54, 1.807) is 13.3 Å². The van der Waals surface area contributed by atoms with E-state index >= 15 is 0 Å². The number of rotatable bonds is 2. The molecule has 1 aromatic carbocycles. The van der Waals surface area contributed by atoms with Gasteiger partial charge in [0.2, 0.25) is 0 Å². The smallest absolute Gasteiger partial charge is 0.110 e. The van der Waals surface area contributed by atoms with Crippen LogP contribution in [-0.4, -0.2) is 18.2 Å². The van der Waals surface area contributed by atoms with Crippen LogP contribution in [0.25, 0.3) is 11.1 Å². The predicted octanol–water partition coefficient (Wildman–Crippen LogP) is 2.31. The van der Waals surface area contributed by atoms with Crippen molar-refractivity contribution in [1.82, 2.24) is 4.98 Å². The van der Waals surface area contributed by atoms with Crippen LogP contribution >= 0.6 is 0 Å². The molecule has 0 radical (unpaired) electrons. The van der Waals surface area contributed by atoms with E-state index in [1.807, 2.05) is 24.4 Å². The molecule has 1 heterocycles. The van der Waals surface area contributed by atoms with Gasteiger partial charge in [0.05, 0.1) is 0 Å². The molecule has 0 amide bonds. The third kappa shape index (κ3) is 1.76. The van der Waals surface area contributed by atoms with Gasteiger partial charge >= 0.3 is 0 Å². The van der Waals surface area contributed by atoms with E-state index in [-0.39, 0.29) is 0 Å². The van der Waals surface area contributed by atoms with E-state index in [9.17, 15) is 0 Å². The van der Waals surface area contributed by atoms with Gasteiger partial charge < -0.3 is 10.7 Å². The number of benzene rings is 1. The van der Waals surface area contributed by atoms with Crippen LogP contribution in [-0.2, 0) is 0 Å². The van der Waals surface area contributed by atoms with Crippen molar-refractivity contribution >= 4 is 12.0 Å². The highest BCUT2D eigenvalue weighted by Crippen LogP contribution is 2.25. The first-order chi connectivity index (χ1) is 7.33. The van der Waals surface area contributed by atoms with Crippen LogP contribution in [0, 0.1) is 0 Å². The second-order valence-electron chi connectivity index (χ2n) is 3.28. The van der Waals surface area contributed by atoms with Crippen LogP contribution in [0.2, 0.25) is 0 Å². The molecule has 0 aliphatic rings. The number of nitrogens with zero attached hydrogens (tertiary/aromatic N) is 1. The molecule has 0 aliphatic heterocycles. The number of nitrogens with two attached hydrogens (primary N) is 1. The molecular formula is C12H13N3. The average Bonchev–Trinajstić information content (AvgIpc) is 2.63. The molecule has 1 aromatic heterocycles. The first kappa shape index (κ1) is 9.52. The lowest BCUT2D eigenvalue weighted by atomic mass is 10.1. The Bertz CT molecular complexity index is 469. The van der Waals surface area contributed by atoms with Crippen LogP contribution in [0.3, 0.4) is 0 Å². The molecule has 0 saturated carbocycles. The fourth-order valence-corrected chi connectivity index (χ4v) is 1.58. The number of anilines is 1. The molecular weight excluding hydrogens is 186 g/mol. The Kier molecular flexibility index (Phi) is 2.54. The minimum absolute atomic E-state index is 0.652. The highest BCUT2D eigenvalue weighted by molar-refractivity contribution is 5.95. The Morgan fingerprint density at radius 3 is 2.67 bits per heavy atom. The third-order valence-corrected chi connectivity index (χ3v) is 2.30. The Hall–Kier alpha value is -2.03. The molecule has 3 nitrogen and oxygen atoms in total. The molecule has 0 bridgehead atoms. The van der Waals surface area contributed by atoms with E-state index in [2.05, 4.69) is 22.1 Å². The quantitative estimate of drug-likeness (QED) is 0.716. The topological polar surface area (TPSA) is 54.2 Å². The second kappa shape index (κ2) is 4.00. The lowest BCUT2D eigenvalue weighted by molar-refractivity contribution is 1.41. The minimum Gasteiger partial charge on any atom is -0.385 e. The maximum atomic E-state index is 5.82. The van der Waals surface area contributed by atoms with Crippen LogP contribution in [0.15, 0.2) is 41.5 Å². The van der Waals surface area contributed by atoms with E-state index < -0.39 is 0 Å². The normalized spacial score (nSPS) is 11.0. The lowest BCUT2D eigenvalue weighted by Crippen LogP contribution is -1.91. The highest BCUT2D eigenvalue weighted by Gasteiger charge is 2.07. The summed E-state index contributed by atoms with van der Waals surface area (Å²) in [6.45, 7) is 0. The summed E-state index contributed by atoms with van der Waals surface area (Å²) in [7, 11) is 1.74. The monoisotopic (exact) mass is 199 g/mol. The Morgan fingerprint density at radius 2 is 2.00 bits per heavy atom. The summed E-state index contributed by atoms with van der Waals surface area (Å²) >= 11 is 0. The number of nitrogens with one attached hydrogen (secondary N) is 1. The van der Waals surface area contributed by atoms with Gasteiger partial charge in [-0.15, -0.1) is 0 Å². The van der Waals surface area contributed by atoms with Crippen molar-refractivity contribution in [3.05, 3.63) is 42.1 Å². The number of hydrogen-bond acceptors (Lipinski definition) is 2. The molecule has 0 fully saturated rings.